The highest BCUT2D eigenvalue weighted by Gasteiger charge is 2.59. The Labute approximate surface area is 461 Å². The van der Waals surface area contributed by atoms with Crippen molar-refractivity contribution in [3.63, 3.8) is 0 Å². The maximum atomic E-state index is 15.1. The van der Waals surface area contributed by atoms with E-state index in [1.165, 1.54) is 43.4 Å². The van der Waals surface area contributed by atoms with E-state index in [-0.39, 0.29) is 74.7 Å². The predicted octanol–water partition coefficient (Wildman–Crippen LogP) is 10.6. The summed E-state index contributed by atoms with van der Waals surface area (Å²) in [4.78, 5) is 114. The molecule has 0 unspecified atom stereocenters. The first-order valence-corrected chi connectivity index (χ1v) is 26.3. The number of amides is 6. The number of carbonyl (C=O) groups is 8. The van der Waals surface area contributed by atoms with Gasteiger partial charge in [-0.25, -0.2) is 19.2 Å². The smallest absolute Gasteiger partial charge is 0.424 e. The van der Waals surface area contributed by atoms with Crippen molar-refractivity contribution in [3.05, 3.63) is 204 Å². The number of nitrogens with zero attached hydrogens (tertiary/aromatic N) is 4. The molecule has 0 N–H and O–H groups in total. The Kier molecular flexibility index (Phi) is 14.6. The van der Waals surface area contributed by atoms with Crippen molar-refractivity contribution in [2.24, 2.45) is 0 Å². The molecule has 0 atom stereocenters. The second-order valence-electron chi connectivity index (χ2n) is 17.7. The quantitative estimate of drug-likeness (QED) is 0.0364. The van der Waals surface area contributed by atoms with Crippen LogP contribution < -0.4 is 4.74 Å². The van der Waals surface area contributed by atoms with Gasteiger partial charge in [-0.1, -0.05) is 121 Å². The fourth-order valence-corrected chi connectivity index (χ4v) is 12.4. The molecule has 0 bridgehead atoms. The molecule has 6 heterocycles. The summed E-state index contributed by atoms with van der Waals surface area (Å²) in [6.07, 6.45) is 0.128. The Balaban J connectivity index is 1.09. The highest BCUT2D eigenvalue weighted by Crippen LogP contribution is 2.58. The third-order valence-electron chi connectivity index (χ3n) is 12.8. The minimum Gasteiger partial charge on any atom is -0.457 e. The summed E-state index contributed by atoms with van der Waals surface area (Å²) in [5.41, 5.74) is -1.86. The molecular formula is C59H38N4O13S3. The van der Waals surface area contributed by atoms with Crippen molar-refractivity contribution in [3.8, 4) is 27.6 Å². The molecule has 0 radical (unpaired) electrons. The number of carbonyl (C=O) groups excluding carboxylic acids is 8. The molecule has 10 rings (SSSR count). The number of esters is 2. The van der Waals surface area contributed by atoms with Crippen LogP contribution in [0.5, 0.6) is 5.75 Å². The molecule has 3 aliphatic rings. The third-order valence-corrected chi connectivity index (χ3v) is 16.3. The molecule has 4 aromatic carbocycles. The van der Waals surface area contributed by atoms with Gasteiger partial charge in [-0.05, 0) is 71.5 Å². The minimum atomic E-state index is -2.71. The van der Waals surface area contributed by atoms with Gasteiger partial charge in [0.25, 0.3) is 23.6 Å². The highest BCUT2D eigenvalue weighted by atomic mass is 32.1. The molecule has 3 aliphatic heterocycles. The molecule has 0 saturated carbocycles. The van der Waals surface area contributed by atoms with E-state index in [0.717, 1.165) is 22.7 Å². The first kappa shape index (κ1) is 52.6. The molecule has 390 valence electrons. The Hall–Kier alpha value is -9.86. The molecule has 0 saturated heterocycles. The SMILES string of the molecule is CC1=C(C#N)C(=O)N(C(=O)OCc2ccccc2)C(=O)/C1=C/c1cc2c(s1)-c1sc3cc(/C=C4/C(=O)N(C(=O)OCc5ccccc5)C(=O)C(C#N)=C4C)sc3c1OC2(C(=O)OCc1ccccc1)C(=O)OCc1ccccc1. The molecule has 17 nitrogen and oxygen atoms in total. The lowest BCUT2D eigenvalue weighted by Gasteiger charge is -2.33. The van der Waals surface area contributed by atoms with Crippen molar-refractivity contribution in [2.45, 2.75) is 45.9 Å². The van der Waals surface area contributed by atoms with E-state index in [0.29, 0.717) is 46.3 Å². The Morgan fingerprint density at radius 2 is 0.924 bits per heavy atom. The van der Waals surface area contributed by atoms with Crippen LogP contribution in [0.1, 0.15) is 51.4 Å². The fourth-order valence-electron chi connectivity index (χ4n) is 8.70. The second kappa shape index (κ2) is 22.0. The second-order valence-corrected chi connectivity index (χ2v) is 20.9. The van der Waals surface area contributed by atoms with E-state index >= 15 is 9.59 Å². The van der Waals surface area contributed by atoms with E-state index in [1.807, 2.05) is 6.07 Å². The van der Waals surface area contributed by atoms with Gasteiger partial charge in [0, 0.05) is 26.5 Å². The summed E-state index contributed by atoms with van der Waals surface area (Å²) in [5.74, 6) is -6.79. The lowest BCUT2D eigenvalue weighted by atomic mass is 9.90. The molecule has 20 heteroatoms. The van der Waals surface area contributed by atoms with Crippen LogP contribution in [0.4, 0.5) is 9.59 Å². The number of nitriles is 2. The molecular weight excluding hydrogens is 1070 g/mol. The standard InChI is InChI=1S/C59H38N4O13S3/c1-33-41(51(64)62(53(66)43(33)27-60)57(70)74-31-37-19-11-5-12-20-37)23-39-25-45-48(77-39)50-47(76-59(45,55(68)72-29-35-15-7-3-8-16-35)56(69)73-30-36-17-9-4-10-18-36)49-46(79-50)26-40(78-49)24-42-34(2)44(28-61)54(67)63(52(42)65)58(71)75-32-38-21-13-6-14-22-38/h3-26H,29-32H2,1-2H3/b41-23+,42-24+. The number of hydrogen-bond donors (Lipinski definition) is 0. The third kappa shape index (κ3) is 9.94. The summed E-state index contributed by atoms with van der Waals surface area (Å²) in [5, 5.41) is 20.3. The monoisotopic (exact) mass is 1110 g/mol. The van der Waals surface area contributed by atoms with E-state index in [2.05, 4.69) is 0 Å². The summed E-state index contributed by atoms with van der Waals surface area (Å²) < 4.78 is 30.3. The lowest BCUT2D eigenvalue weighted by molar-refractivity contribution is -0.183. The number of ether oxygens (including phenoxy) is 5. The Bertz CT molecular complexity index is 3880. The first-order valence-electron chi connectivity index (χ1n) is 23.9. The minimum absolute atomic E-state index is 0.00541. The number of benzene rings is 4. The van der Waals surface area contributed by atoms with Crippen molar-refractivity contribution in [2.75, 3.05) is 0 Å². The predicted molar refractivity (Wildman–Crippen MR) is 287 cm³/mol. The van der Waals surface area contributed by atoms with Gasteiger partial charge in [0.15, 0.2) is 5.75 Å². The Morgan fingerprint density at radius 1 is 0.532 bits per heavy atom. The maximum Gasteiger partial charge on any atom is 0.424 e. The molecule has 0 spiro atoms. The normalized spacial score (nSPS) is 15.8. The van der Waals surface area contributed by atoms with Gasteiger partial charge in [-0.3, -0.25) is 19.2 Å². The number of imide groups is 6. The van der Waals surface area contributed by atoms with Gasteiger partial charge in [0.1, 0.15) is 49.7 Å². The fraction of sp³-hybridized carbons (Fsp3) is 0.119. The zero-order valence-electron chi connectivity index (χ0n) is 41.5. The number of hydrogen-bond acceptors (Lipinski definition) is 18. The van der Waals surface area contributed by atoms with Gasteiger partial charge in [0.2, 0.25) is 0 Å². The van der Waals surface area contributed by atoms with Crippen molar-refractivity contribution >= 4 is 103 Å². The summed E-state index contributed by atoms with van der Waals surface area (Å²) >= 11 is 3.26. The van der Waals surface area contributed by atoms with Crippen LogP contribution in [-0.2, 0) is 79.7 Å². The Morgan fingerprint density at radius 3 is 1.33 bits per heavy atom. The van der Waals surface area contributed by atoms with Crippen molar-refractivity contribution in [1.29, 1.82) is 10.5 Å². The average molecular weight is 1110 g/mol. The zero-order valence-corrected chi connectivity index (χ0v) is 44.0. The summed E-state index contributed by atoms with van der Waals surface area (Å²) in [6, 6.07) is 41.2. The van der Waals surface area contributed by atoms with E-state index in [4.69, 9.17) is 23.7 Å². The molecule has 3 aromatic heterocycles. The van der Waals surface area contributed by atoms with Crippen LogP contribution in [0.15, 0.2) is 167 Å². The zero-order chi connectivity index (χ0) is 55.5. The van der Waals surface area contributed by atoms with E-state index in [1.54, 1.807) is 133 Å². The summed E-state index contributed by atoms with van der Waals surface area (Å²) in [6.45, 7) is 1.62. The van der Waals surface area contributed by atoms with Crippen LogP contribution >= 0.6 is 34.0 Å². The van der Waals surface area contributed by atoms with Crippen LogP contribution in [0.25, 0.3) is 31.3 Å². The highest BCUT2D eigenvalue weighted by molar-refractivity contribution is 7.32. The van der Waals surface area contributed by atoms with E-state index in [9.17, 15) is 39.3 Å². The van der Waals surface area contributed by atoms with Gasteiger partial charge in [-0.15, -0.1) is 34.0 Å². The summed E-state index contributed by atoms with van der Waals surface area (Å²) in [7, 11) is 0. The van der Waals surface area contributed by atoms with Gasteiger partial charge in [-0.2, -0.15) is 20.3 Å². The van der Waals surface area contributed by atoms with Crippen molar-refractivity contribution < 1.29 is 62.0 Å². The first-order chi connectivity index (χ1) is 38.2. The molecule has 0 aliphatic carbocycles. The average Bonchev–Trinajstić information content (AvgIpc) is 4.16. The molecule has 6 amide bonds. The van der Waals surface area contributed by atoms with Gasteiger partial charge in [0.05, 0.1) is 19.2 Å². The number of thiophene rings is 3. The van der Waals surface area contributed by atoms with Crippen LogP contribution in [0.2, 0.25) is 0 Å². The van der Waals surface area contributed by atoms with Crippen LogP contribution in [0.3, 0.4) is 0 Å². The van der Waals surface area contributed by atoms with Gasteiger partial charge >= 0.3 is 29.7 Å². The molecule has 0 fully saturated rings. The molecule has 79 heavy (non-hydrogen) atoms. The topological polar surface area (TPSA) is 237 Å². The van der Waals surface area contributed by atoms with Gasteiger partial charge < -0.3 is 23.7 Å². The number of fused-ring (bicyclic) bond motifs is 5. The van der Waals surface area contributed by atoms with Crippen molar-refractivity contribution in [1.82, 2.24) is 9.80 Å². The largest absolute Gasteiger partial charge is 0.457 e. The lowest BCUT2D eigenvalue weighted by Crippen LogP contribution is -2.52. The van der Waals surface area contributed by atoms with Crippen LogP contribution in [-0.4, -0.2) is 57.6 Å². The molecule has 7 aromatic rings. The van der Waals surface area contributed by atoms with E-state index < -0.39 is 64.5 Å². The maximum absolute atomic E-state index is 15.1. The van der Waals surface area contributed by atoms with Crippen LogP contribution in [0, 0.1) is 22.7 Å². The number of rotatable bonds is 12.